The lowest BCUT2D eigenvalue weighted by atomic mass is 10.0. The number of carbonyl (C=O) groups is 1. The smallest absolute Gasteiger partial charge is 0.237 e. The fourth-order valence-electron chi connectivity index (χ4n) is 1.43. The lowest BCUT2D eigenvalue weighted by Crippen LogP contribution is -2.47. The molecule has 0 rings (SSSR count). The fourth-order valence-corrected chi connectivity index (χ4v) is 1.43. The predicted octanol–water partition coefficient (Wildman–Crippen LogP) is 0.264. The van der Waals surface area contributed by atoms with Gasteiger partial charge >= 0.3 is 0 Å². The monoisotopic (exact) mass is 246 g/mol. The number of nitrogens with two attached hydrogens (primary N) is 1. The van der Waals surface area contributed by atoms with Crippen LogP contribution in [0.2, 0.25) is 0 Å². The van der Waals surface area contributed by atoms with Crippen molar-refractivity contribution in [1.29, 1.82) is 0 Å². The van der Waals surface area contributed by atoms with Gasteiger partial charge in [-0.15, -0.1) is 0 Å². The summed E-state index contributed by atoms with van der Waals surface area (Å²) in [5.74, 6) is 0.168. The number of nitrogens with one attached hydrogen (secondary N) is 1. The molecule has 0 bridgehead atoms. The highest BCUT2D eigenvalue weighted by atomic mass is 16.5. The van der Waals surface area contributed by atoms with Crippen LogP contribution in [0.15, 0.2) is 0 Å². The van der Waals surface area contributed by atoms with Crippen molar-refractivity contribution in [2.24, 2.45) is 11.7 Å². The van der Waals surface area contributed by atoms with Crippen LogP contribution in [0, 0.1) is 5.92 Å². The maximum absolute atomic E-state index is 11.6. The summed E-state index contributed by atoms with van der Waals surface area (Å²) in [6.07, 6.45) is 1.12. The van der Waals surface area contributed by atoms with E-state index in [4.69, 9.17) is 10.5 Å². The molecule has 0 aromatic carbocycles. The van der Waals surface area contributed by atoms with E-state index >= 15 is 0 Å². The summed E-state index contributed by atoms with van der Waals surface area (Å²) in [5.41, 5.74) is 4.77. The maximum atomic E-state index is 11.6. The maximum Gasteiger partial charge on any atom is 0.237 e. The molecule has 0 radical (unpaired) electrons. The van der Waals surface area contributed by atoms with Crippen LogP contribution in [0.3, 0.4) is 0 Å². The Hall–Kier alpha value is -0.650. The van der Waals surface area contributed by atoms with E-state index in [0.717, 1.165) is 0 Å². The van der Waals surface area contributed by atoms with Crippen molar-refractivity contribution in [3.05, 3.63) is 0 Å². The molecule has 102 valence electrons. The van der Waals surface area contributed by atoms with Gasteiger partial charge in [0.15, 0.2) is 0 Å². The molecule has 17 heavy (non-hydrogen) atoms. The van der Waals surface area contributed by atoms with Crippen molar-refractivity contribution in [2.45, 2.75) is 45.3 Å². The Morgan fingerprint density at radius 2 is 2.12 bits per heavy atom. The number of methoxy groups -OCH3 is 1. The molecular formula is C12H26N2O3. The molecular weight excluding hydrogens is 220 g/mol. The van der Waals surface area contributed by atoms with E-state index in [2.05, 4.69) is 5.32 Å². The van der Waals surface area contributed by atoms with Gasteiger partial charge in [-0.25, -0.2) is 0 Å². The quantitative estimate of drug-likeness (QED) is 0.573. The van der Waals surface area contributed by atoms with E-state index in [1.54, 1.807) is 14.0 Å². The van der Waals surface area contributed by atoms with Gasteiger partial charge in [0.05, 0.1) is 11.6 Å². The molecule has 0 fully saturated rings. The molecule has 0 aliphatic rings. The van der Waals surface area contributed by atoms with Gasteiger partial charge in [0.2, 0.25) is 5.91 Å². The van der Waals surface area contributed by atoms with Crippen LogP contribution in [0.1, 0.15) is 33.6 Å². The largest absolute Gasteiger partial charge is 0.388 e. The van der Waals surface area contributed by atoms with Crippen LogP contribution in [-0.2, 0) is 9.53 Å². The summed E-state index contributed by atoms with van der Waals surface area (Å²) in [5, 5.41) is 12.6. The van der Waals surface area contributed by atoms with Crippen LogP contribution in [0.5, 0.6) is 0 Å². The van der Waals surface area contributed by atoms with Gasteiger partial charge < -0.3 is 20.9 Å². The lowest BCUT2D eigenvalue weighted by Gasteiger charge is -2.24. The van der Waals surface area contributed by atoms with Crippen molar-refractivity contribution in [1.82, 2.24) is 5.32 Å². The molecule has 0 spiro atoms. The Labute approximate surface area is 104 Å². The molecule has 0 heterocycles. The fraction of sp³-hybridized carbons (Fsp3) is 0.917. The van der Waals surface area contributed by atoms with Crippen molar-refractivity contribution in [3.8, 4) is 0 Å². The zero-order chi connectivity index (χ0) is 13.5. The summed E-state index contributed by atoms with van der Waals surface area (Å²) in [6, 6.07) is -0.506. The number of hydrogen-bond donors (Lipinski definition) is 3. The Bertz CT molecular complexity index is 230. The second-order valence-electron chi connectivity index (χ2n) is 5.19. The molecule has 0 aliphatic heterocycles. The van der Waals surface area contributed by atoms with Crippen molar-refractivity contribution in [2.75, 3.05) is 20.3 Å². The first-order valence-corrected chi connectivity index (χ1v) is 6.03. The van der Waals surface area contributed by atoms with E-state index in [9.17, 15) is 9.90 Å². The molecule has 2 atom stereocenters. The first kappa shape index (κ1) is 16.4. The molecule has 0 aromatic rings. The van der Waals surface area contributed by atoms with Gasteiger partial charge in [-0.05, 0) is 19.3 Å². The van der Waals surface area contributed by atoms with Gasteiger partial charge in [-0.2, -0.15) is 0 Å². The topological polar surface area (TPSA) is 84.6 Å². The van der Waals surface area contributed by atoms with E-state index in [1.165, 1.54) is 0 Å². The first-order chi connectivity index (χ1) is 7.78. The number of carbonyl (C=O) groups excluding carboxylic acids is 1. The molecule has 0 aliphatic carbocycles. The van der Waals surface area contributed by atoms with E-state index in [0.29, 0.717) is 25.4 Å². The first-order valence-electron chi connectivity index (χ1n) is 6.03. The molecule has 5 nitrogen and oxygen atoms in total. The van der Waals surface area contributed by atoms with Crippen molar-refractivity contribution >= 4 is 5.91 Å². The second kappa shape index (κ2) is 7.63. The van der Waals surface area contributed by atoms with Crippen LogP contribution < -0.4 is 11.1 Å². The van der Waals surface area contributed by atoms with Gasteiger partial charge in [0, 0.05) is 26.7 Å². The van der Waals surface area contributed by atoms with Gasteiger partial charge in [-0.3, -0.25) is 4.79 Å². The van der Waals surface area contributed by atoms with Crippen LogP contribution in [0.4, 0.5) is 0 Å². The Morgan fingerprint density at radius 3 is 2.59 bits per heavy atom. The molecule has 4 N–H and O–H groups in total. The number of rotatable bonds is 8. The summed E-state index contributed by atoms with van der Waals surface area (Å²) in [4.78, 5) is 11.6. The average molecular weight is 246 g/mol. The van der Waals surface area contributed by atoms with E-state index < -0.39 is 11.6 Å². The number of aliphatic hydroxyl groups is 1. The number of ether oxygens (including phenoxy) is 1. The van der Waals surface area contributed by atoms with Gasteiger partial charge in [-0.1, -0.05) is 13.8 Å². The molecule has 0 saturated carbocycles. The third-order valence-electron chi connectivity index (χ3n) is 2.55. The summed E-state index contributed by atoms with van der Waals surface area (Å²) in [7, 11) is 1.58. The third-order valence-corrected chi connectivity index (χ3v) is 2.55. The number of amides is 1. The summed E-state index contributed by atoms with van der Waals surface area (Å²) >= 11 is 0. The Balaban J connectivity index is 3.97. The van der Waals surface area contributed by atoms with Crippen LogP contribution in [-0.4, -0.2) is 42.9 Å². The van der Waals surface area contributed by atoms with Gasteiger partial charge in [0.25, 0.3) is 0 Å². The zero-order valence-corrected chi connectivity index (χ0v) is 11.3. The minimum Gasteiger partial charge on any atom is -0.388 e. The molecule has 1 amide bonds. The molecule has 0 saturated heterocycles. The Kier molecular flexibility index (Phi) is 7.34. The normalized spacial score (nSPS) is 16.6. The average Bonchev–Trinajstić information content (AvgIpc) is 2.22. The summed E-state index contributed by atoms with van der Waals surface area (Å²) in [6.45, 7) is 6.35. The SMILES string of the molecule is COCCC(C)(O)CNC(=O)[C@H](N)CC(C)C. The molecule has 0 aromatic heterocycles. The number of hydrogen-bond acceptors (Lipinski definition) is 4. The standard InChI is InChI=1S/C12H26N2O3/c1-9(2)7-10(13)11(15)14-8-12(3,16)5-6-17-4/h9-10,16H,5-8,13H2,1-4H3,(H,14,15)/t10-,12?/m1/s1. The van der Waals surface area contributed by atoms with Crippen LogP contribution >= 0.6 is 0 Å². The predicted molar refractivity (Wildman–Crippen MR) is 67.6 cm³/mol. The second-order valence-corrected chi connectivity index (χ2v) is 5.19. The highest BCUT2D eigenvalue weighted by molar-refractivity contribution is 5.81. The van der Waals surface area contributed by atoms with Crippen molar-refractivity contribution < 1.29 is 14.6 Å². The minimum atomic E-state index is -0.955. The molecule has 5 heteroatoms. The van der Waals surface area contributed by atoms with Gasteiger partial charge in [0.1, 0.15) is 0 Å². The van der Waals surface area contributed by atoms with Crippen molar-refractivity contribution in [3.63, 3.8) is 0 Å². The van der Waals surface area contributed by atoms with E-state index in [-0.39, 0.29) is 12.5 Å². The van der Waals surface area contributed by atoms with Crippen LogP contribution in [0.25, 0.3) is 0 Å². The molecule has 1 unspecified atom stereocenters. The highest BCUT2D eigenvalue weighted by Gasteiger charge is 2.22. The highest BCUT2D eigenvalue weighted by Crippen LogP contribution is 2.08. The minimum absolute atomic E-state index is 0.195. The Morgan fingerprint density at radius 1 is 1.53 bits per heavy atom. The third kappa shape index (κ3) is 8.12. The van der Waals surface area contributed by atoms with E-state index in [1.807, 2.05) is 13.8 Å². The zero-order valence-electron chi connectivity index (χ0n) is 11.3. The lowest BCUT2D eigenvalue weighted by molar-refractivity contribution is -0.124. The summed E-state index contributed by atoms with van der Waals surface area (Å²) < 4.78 is 4.89.